The van der Waals surface area contributed by atoms with Crippen molar-refractivity contribution in [1.29, 1.82) is 0 Å². The van der Waals surface area contributed by atoms with Gasteiger partial charge in [-0.2, -0.15) is 5.10 Å². The van der Waals surface area contributed by atoms with Gasteiger partial charge in [-0.15, -0.1) is 0 Å². The third kappa shape index (κ3) is 2.79. The van der Waals surface area contributed by atoms with Gasteiger partial charge in [0.25, 0.3) is 0 Å². The molecule has 1 fully saturated rings. The Kier molecular flexibility index (Phi) is 3.38. The molecule has 0 radical (unpaired) electrons. The zero-order valence-electron chi connectivity index (χ0n) is 9.09. The van der Waals surface area contributed by atoms with Crippen molar-refractivity contribution in [2.45, 2.75) is 25.4 Å². The van der Waals surface area contributed by atoms with Crippen molar-refractivity contribution in [1.82, 2.24) is 9.78 Å². The average molecular weight is 210 g/mol. The number of aromatic nitrogens is 2. The Labute approximate surface area is 89.9 Å². The molecule has 0 spiro atoms. The minimum absolute atomic E-state index is 0.274. The molecule has 4 nitrogen and oxygen atoms in total. The summed E-state index contributed by atoms with van der Waals surface area (Å²) in [5.41, 5.74) is 0.969. The van der Waals surface area contributed by atoms with Crippen LogP contribution in [-0.2, 0) is 18.2 Å². The van der Waals surface area contributed by atoms with Crippen LogP contribution in [-0.4, -0.2) is 34.2 Å². The Balaban J connectivity index is 1.88. The van der Waals surface area contributed by atoms with E-state index in [-0.39, 0.29) is 6.10 Å². The van der Waals surface area contributed by atoms with E-state index >= 15 is 0 Å². The number of rotatable bonds is 3. The third-order valence-electron chi connectivity index (χ3n) is 3.00. The summed E-state index contributed by atoms with van der Waals surface area (Å²) in [6.07, 6.45) is 4.23. The van der Waals surface area contributed by atoms with Crippen molar-refractivity contribution in [2.75, 3.05) is 13.2 Å². The molecule has 0 aromatic carbocycles. The van der Waals surface area contributed by atoms with E-state index in [4.69, 9.17) is 4.74 Å². The zero-order chi connectivity index (χ0) is 10.7. The fourth-order valence-corrected chi connectivity index (χ4v) is 2.05. The van der Waals surface area contributed by atoms with E-state index < -0.39 is 0 Å². The normalized spacial score (nSPS) is 20.4. The molecule has 0 aliphatic carbocycles. The minimum atomic E-state index is -0.274. The van der Waals surface area contributed by atoms with Crippen LogP contribution >= 0.6 is 0 Å². The molecule has 0 bridgehead atoms. The Morgan fingerprint density at radius 1 is 1.60 bits per heavy atom. The van der Waals surface area contributed by atoms with Crippen LogP contribution in [0.3, 0.4) is 0 Å². The van der Waals surface area contributed by atoms with Crippen LogP contribution in [0, 0.1) is 5.92 Å². The highest BCUT2D eigenvalue weighted by Gasteiger charge is 2.22. The van der Waals surface area contributed by atoms with Crippen molar-refractivity contribution in [2.24, 2.45) is 13.0 Å². The molecule has 2 rings (SSSR count). The number of aliphatic hydroxyl groups is 1. The van der Waals surface area contributed by atoms with Gasteiger partial charge in [0.05, 0.1) is 11.8 Å². The average Bonchev–Trinajstić information content (AvgIpc) is 2.65. The first-order valence-electron chi connectivity index (χ1n) is 5.50. The molecule has 1 unspecified atom stereocenters. The summed E-state index contributed by atoms with van der Waals surface area (Å²) in [5, 5.41) is 14.3. The summed E-state index contributed by atoms with van der Waals surface area (Å²) in [4.78, 5) is 0. The van der Waals surface area contributed by atoms with Crippen LogP contribution in [0.1, 0.15) is 18.5 Å². The van der Waals surface area contributed by atoms with E-state index in [9.17, 15) is 5.11 Å². The van der Waals surface area contributed by atoms with Crippen LogP contribution in [0.25, 0.3) is 0 Å². The van der Waals surface area contributed by atoms with Crippen LogP contribution < -0.4 is 0 Å². The van der Waals surface area contributed by atoms with E-state index in [2.05, 4.69) is 5.10 Å². The molecule has 0 saturated carbocycles. The molecule has 0 amide bonds. The number of hydrogen-bond acceptors (Lipinski definition) is 3. The maximum absolute atomic E-state index is 10.0. The van der Waals surface area contributed by atoms with Crippen molar-refractivity contribution in [3.63, 3.8) is 0 Å². The molecule has 4 heteroatoms. The molecule has 1 atom stereocenters. The predicted molar refractivity (Wildman–Crippen MR) is 56.5 cm³/mol. The van der Waals surface area contributed by atoms with Gasteiger partial charge in [-0.3, -0.25) is 4.68 Å². The molecule has 84 valence electrons. The summed E-state index contributed by atoms with van der Waals surface area (Å²) >= 11 is 0. The maximum Gasteiger partial charge on any atom is 0.0650 e. The lowest BCUT2D eigenvalue weighted by Crippen LogP contribution is -2.29. The monoisotopic (exact) mass is 210 g/mol. The van der Waals surface area contributed by atoms with Crippen LogP contribution in [0.2, 0.25) is 0 Å². The first-order chi connectivity index (χ1) is 7.25. The number of ether oxygens (including phenoxy) is 1. The first kappa shape index (κ1) is 10.6. The standard InChI is InChI=1S/C11H18N2O2/c1-13-5-2-10(12-13)8-11(14)9-3-6-15-7-4-9/h2,5,9,11,14H,3-4,6-8H2,1H3. The molecule has 1 saturated heterocycles. The van der Waals surface area contributed by atoms with Gasteiger partial charge in [-0.05, 0) is 24.8 Å². The van der Waals surface area contributed by atoms with Gasteiger partial charge in [-0.25, -0.2) is 0 Å². The van der Waals surface area contributed by atoms with Gasteiger partial charge in [0.2, 0.25) is 0 Å². The van der Waals surface area contributed by atoms with Crippen molar-refractivity contribution in [3.05, 3.63) is 18.0 Å². The van der Waals surface area contributed by atoms with Crippen molar-refractivity contribution < 1.29 is 9.84 Å². The van der Waals surface area contributed by atoms with Crippen molar-refractivity contribution >= 4 is 0 Å². The van der Waals surface area contributed by atoms with Gasteiger partial charge in [0.15, 0.2) is 0 Å². The Hall–Kier alpha value is -0.870. The first-order valence-corrected chi connectivity index (χ1v) is 5.50. The highest BCUT2D eigenvalue weighted by molar-refractivity contribution is 5.00. The lowest BCUT2D eigenvalue weighted by molar-refractivity contribution is 0.00802. The van der Waals surface area contributed by atoms with E-state index in [1.807, 2.05) is 19.3 Å². The second kappa shape index (κ2) is 4.77. The van der Waals surface area contributed by atoms with Gasteiger partial charge in [-0.1, -0.05) is 0 Å². The number of aliphatic hydroxyl groups excluding tert-OH is 1. The molecule has 1 aromatic rings. The molecule has 1 aromatic heterocycles. The zero-order valence-corrected chi connectivity index (χ0v) is 9.09. The molecule has 1 N–H and O–H groups in total. The van der Waals surface area contributed by atoms with Crippen LogP contribution in [0.5, 0.6) is 0 Å². The lowest BCUT2D eigenvalue weighted by atomic mass is 9.91. The van der Waals surface area contributed by atoms with Crippen LogP contribution in [0.15, 0.2) is 12.3 Å². The lowest BCUT2D eigenvalue weighted by Gasteiger charge is -2.26. The minimum Gasteiger partial charge on any atom is -0.392 e. The second-order valence-corrected chi connectivity index (χ2v) is 4.20. The molecular weight excluding hydrogens is 192 g/mol. The summed E-state index contributed by atoms with van der Waals surface area (Å²) in [7, 11) is 1.89. The highest BCUT2D eigenvalue weighted by atomic mass is 16.5. The van der Waals surface area contributed by atoms with E-state index in [0.29, 0.717) is 12.3 Å². The fraction of sp³-hybridized carbons (Fsp3) is 0.727. The van der Waals surface area contributed by atoms with Gasteiger partial charge in [0, 0.05) is 32.9 Å². The molecular formula is C11H18N2O2. The van der Waals surface area contributed by atoms with E-state index in [1.165, 1.54) is 0 Å². The van der Waals surface area contributed by atoms with E-state index in [1.54, 1.807) is 4.68 Å². The quantitative estimate of drug-likeness (QED) is 0.801. The van der Waals surface area contributed by atoms with Gasteiger partial charge < -0.3 is 9.84 Å². The van der Waals surface area contributed by atoms with Crippen molar-refractivity contribution in [3.8, 4) is 0 Å². The number of nitrogens with zero attached hydrogens (tertiary/aromatic N) is 2. The molecule has 1 aliphatic heterocycles. The topological polar surface area (TPSA) is 47.3 Å². The summed E-state index contributed by atoms with van der Waals surface area (Å²) < 4.78 is 7.04. The Bertz CT molecular complexity index is 305. The largest absolute Gasteiger partial charge is 0.392 e. The number of hydrogen-bond donors (Lipinski definition) is 1. The molecule has 15 heavy (non-hydrogen) atoms. The van der Waals surface area contributed by atoms with E-state index in [0.717, 1.165) is 31.7 Å². The summed E-state index contributed by atoms with van der Waals surface area (Å²) in [6.45, 7) is 1.56. The number of aryl methyl sites for hydroxylation is 1. The maximum atomic E-state index is 10.0. The predicted octanol–water partition coefficient (Wildman–Crippen LogP) is 0.750. The SMILES string of the molecule is Cn1ccc(CC(O)C2CCOCC2)n1. The second-order valence-electron chi connectivity index (χ2n) is 4.20. The highest BCUT2D eigenvalue weighted by Crippen LogP contribution is 2.20. The Morgan fingerprint density at radius 2 is 2.33 bits per heavy atom. The Morgan fingerprint density at radius 3 is 2.93 bits per heavy atom. The summed E-state index contributed by atoms with van der Waals surface area (Å²) in [6, 6.07) is 1.96. The van der Waals surface area contributed by atoms with Gasteiger partial charge in [0.1, 0.15) is 0 Å². The smallest absolute Gasteiger partial charge is 0.0650 e. The molecule has 1 aliphatic rings. The molecule has 2 heterocycles. The fourth-order valence-electron chi connectivity index (χ4n) is 2.05. The summed E-state index contributed by atoms with van der Waals surface area (Å²) in [5.74, 6) is 0.376. The van der Waals surface area contributed by atoms with Gasteiger partial charge >= 0.3 is 0 Å². The third-order valence-corrected chi connectivity index (χ3v) is 3.00. The van der Waals surface area contributed by atoms with Crippen LogP contribution in [0.4, 0.5) is 0 Å².